The minimum atomic E-state index is -1.26. The quantitative estimate of drug-likeness (QED) is 0.348. The van der Waals surface area contributed by atoms with Gasteiger partial charge in [0.25, 0.3) is 11.5 Å². The molecule has 1 spiro atoms. The van der Waals surface area contributed by atoms with Crippen molar-refractivity contribution in [2.45, 2.75) is 24.9 Å². The number of urea groups is 1. The Bertz CT molecular complexity index is 1680. The minimum absolute atomic E-state index is 0.0989. The number of rotatable bonds is 6. The number of aromatic carboxylic acids is 1. The number of nitrogens with one attached hydrogen (secondary N) is 1. The predicted octanol–water partition coefficient (Wildman–Crippen LogP) is 3.54. The van der Waals surface area contributed by atoms with Crippen molar-refractivity contribution in [1.29, 1.82) is 0 Å². The molecule has 6 rings (SSSR count). The molecule has 2 aliphatic rings. The van der Waals surface area contributed by atoms with Gasteiger partial charge in [-0.2, -0.15) is 0 Å². The van der Waals surface area contributed by atoms with E-state index in [0.717, 1.165) is 16.0 Å². The van der Waals surface area contributed by atoms with Gasteiger partial charge in [-0.15, -0.1) is 0 Å². The lowest BCUT2D eigenvalue weighted by atomic mass is 9.85. The number of imide groups is 1. The highest BCUT2D eigenvalue weighted by atomic mass is 16.4. The number of hydrogen-bond acceptors (Lipinski definition) is 7. The van der Waals surface area contributed by atoms with Crippen LogP contribution in [0.25, 0.3) is 11.1 Å². The molecule has 41 heavy (non-hydrogen) atoms. The zero-order valence-electron chi connectivity index (χ0n) is 21.9. The Kier molecular flexibility index (Phi) is 6.64. The van der Waals surface area contributed by atoms with Gasteiger partial charge in [-0.3, -0.25) is 24.4 Å². The number of H-pyrrole nitrogens is 1. The van der Waals surface area contributed by atoms with Gasteiger partial charge in [0, 0.05) is 31.9 Å². The number of carbonyl (C=O) groups excluding carboxylic acids is 2. The summed E-state index contributed by atoms with van der Waals surface area (Å²) >= 11 is 0. The van der Waals surface area contributed by atoms with Crippen molar-refractivity contribution in [3.63, 3.8) is 0 Å². The van der Waals surface area contributed by atoms with Crippen molar-refractivity contribution in [3.8, 4) is 11.1 Å². The molecule has 0 atom stereocenters. The van der Waals surface area contributed by atoms with E-state index in [1.807, 2.05) is 47.4 Å². The lowest BCUT2D eigenvalue weighted by Crippen LogP contribution is -2.57. The molecule has 0 aliphatic carbocycles. The summed E-state index contributed by atoms with van der Waals surface area (Å²) < 4.78 is 0. The number of carboxylic acids is 1. The molecule has 0 bridgehead atoms. The Morgan fingerprint density at radius 1 is 0.902 bits per heavy atom. The fourth-order valence-electron chi connectivity index (χ4n) is 5.62. The van der Waals surface area contributed by atoms with Gasteiger partial charge in [0.15, 0.2) is 0 Å². The number of piperidine rings is 1. The van der Waals surface area contributed by atoms with E-state index in [1.54, 1.807) is 24.4 Å². The monoisotopic (exact) mass is 550 g/mol. The maximum Gasteiger partial charge on any atom is 0.338 e. The summed E-state index contributed by atoms with van der Waals surface area (Å²) in [5.74, 6) is -1.35. The number of carbonyl (C=O) groups is 3. The van der Waals surface area contributed by atoms with Gasteiger partial charge in [0.05, 0.1) is 23.3 Å². The van der Waals surface area contributed by atoms with Crippen LogP contribution in [0.4, 0.5) is 16.3 Å². The molecule has 4 aromatic rings. The van der Waals surface area contributed by atoms with E-state index in [0.29, 0.717) is 24.5 Å². The second kappa shape index (κ2) is 10.4. The first-order valence-electron chi connectivity index (χ1n) is 13.2. The van der Waals surface area contributed by atoms with Gasteiger partial charge in [-0.1, -0.05) is 42.5 Å². The highest BCUT2D eigenvalue weighted by Gasteiger charge is 2.59. The number of amides is 3. The van der Waals surface area contributed by atoms with Crippen LogP contribution in [0, 0.1) is 0 Å². The topological polar surface area (TPSA) is 140 Å². The third-order valence-corrected chi connectivity index (χ3v) is 7.71. The van der Waals surface area contributed by atoms with E-state index in [-0.39, 0.29) is 36.7 Å². The van der Waals surface area contributed by atoms with E-state index < -0.39 is 23.1 Å². The van der Waals surface area contributed by atoms with E-state index in [9.17, 15) is 24.3 Å². The number of pyridine rings is 1. The van der Waals surface area contributed by atoms with Gasteiger partial charge < -0.3 is 10.1 Å². The Balaban J connectivity index is 1.31. The SMILES string of the molecule is O=C(O)c1cccnc1CN1CCC2(CC1)C(=O)N(c1ccc(-c3ccccc3)cc1)C(=O)N2c1cc(=O)[nH]cn1. The first kappa shape index (κ1) is 26.1. The second-order valence-electron chi connectivity index (χ2n) is 10.1. The van der Waals surface area contributed by atoms with Gasteiger partial charge in [0.1, 0.15) is 11.4 Å². The fraction of sp³-hybridized carbons (Fsp3) is 0.200. The molecule has 206 valence electrons. The molecule has 2 aromatic carbocycles. The Hall–Kier alpha value is -5.16. The molecule has 2 aromatic heterocycles. The number of aromatic nitrogens is 3. The minimum Gasteiger partial charge on any atom is -0.478 e. The van der Waals surface area contributed by atoms with Crippen molar-refractivity contribution in [1.82, 2.24) is 19.9 Å². The van der Waals surface area contributed by atoms with Crippen molar-refractivity contribution in [2.24, 2.45) is 0 Å². The second-order valence-corrected chi connectivity index (χ2v) is 10.1. The summed E-state index contributed by atoms with van der Waals surface area (Å²) in [6.07, 6.45) is 3.29. The third kappa shape index (κ3) is 4.66. The van der Waals surface area contributed by atoms with Crippen LogP contribution in [0.2, 0.25) is 0 Å². The molecule has 0 saturated carbocycles. The smallest absolute Gasteiger partial charge is 0.338 e. The van der Waals surface area contributed by atoms with Crippen LogP contribution in [0.3, 0.4) is 0 Å². The van der Waals surface area contributed by atoms with Crippen molar-refractivity contribution in [2.75, 3.05) is 22.9 Å². The first-order chi connectivity index (χ1) is 19.9. The van der Waals surface area contributed by atoms with E-state index in [1.165, 1.54) is 23.4 Å². The molecule has 2 fully saturated rings. The summed E-state index contributed by atoms with van der Waals surface area (Å²) in [5.41, 5.74) is 1.23. The van der Waals surface area contributed by atoms with Crippen LogP contribution in [0.15, 0.2) is 90.1 Å². The molecule has 2 saturated heterocycles. The van der Waals surface area contributed by atoms with Crippen LogP contribution < -0.4 is 15.4 Å². The van der Waals surface area contributed by atoms with Gasteiger partial charge >= 0.3 is 12.0 Å². The molecule has 0 radical (unpaired) electrons. The molecule has 4 heterocycles. The van der Waals surface area contributed by atoms with Crippen LogP contribution in [0.1, 0.15) is 28.9 Å². The predicted molar refractivity (Wildman–Crippen MR) is 151 cm³/mol. The summed E-state index contributed by atoms with van der Waals surface area (Å²) in [5, 5.41) is 9.54. The average Bonchev–Trinajstić information content (AvgIpc) is 3.20. The number of benzene rings is 2. The lowest BCUT2D eigenvalue weighted by molar-refractivity contribution is -0.123. The molecule has 2 N–H and O–H groups in total. The summed E-state index contributed by atoms with van der Waals surface area (Å²) in [4.78, 5) is 67.4. The van der Waals surface area contributed by atoms with E-state index >= 15 is 0 Å². The van der Waals surface area contributed by atoms with E-state index in [4.69, 9.17) is 0 Å². The Morgan fingerprint density at radius 3 is 2.29 bits per heavy atom. The normalized spacial score (nSPS) is 16.9. The van der Waals surface area contributed by atoms with Crippen LogP contribution in [0.5, 0.6) is 0 Å². The van der Waals surface area contributed by atoms with Crippen molar-refractivity contribution in [3.05, 3.63) is 107 Å². The highest BCUT2D eigenvalue weighted by Crippen LogP contribution is 2.42. The highest BCUT2D eigenvalue weighted by molar-refractivity contribution is 6.30. The molecule has 11 heteroatoms. The summed E-state index contributed by atoms with van der Waals surface area (Å²) in [6.45, 7) is 1.08. The number of nitrogens with zero attached hydrogens (tertiary/aromatic N) is 5. The fourth-order valence-corrected chi connectivity index (χ4v) is 5.62. The lowest BCUT2D eigenvalue weighted by Gasteiger charge is -2.41. The molecular weight excluding hydrogens is 524 g/mol. The van der Waals surface area contributed by atoms with Gasteiger partial charge in [0.2, 0.25) is 0 Å². The van der Waals surface area contributed by atoms with Crippen LogP contribution >= 0.6 is 0 Å². The maximum absolute atomic E-state index is 14.2. The zero-order chi connectivity index (χ0) is 28.6. The van der Waals surface area contributed by atoms with Gasteiger partial charge in [-0.25, -0.2) is 19.5 Å². The van der Waals surface area contributed by atoms with Crippen LogP contribution in [-0.2, 0) is 11.3 Å². The summed E-state index contributed by atoms with van der Waals surface area (Å²) in [7, 11) is 0. The van der Waals surface area contributed by atoms with Crippen molar-refractivity contribution >= 4 is 29.4 Å². The molecule has 11 nitrogen and oxygen atoms in total. The molecule has 3 amide bonds. The third-order valence-electron chi connectivity index (χ3n) is 7.71. The summed E-state index contributed by atoms with van der Waals surface area (Å²) in [6, 6.07) is 20.7. The molecule has 2 aliphatic heterocycles. The standard InChI is InChI=1S/C30H26N6O5/c37-26-17-25(32-19-33-26)36-29(41)35(22-10-8-21(9-11-22)20-5-2-1-3-6-20)28(40)30(36)12-15-34(16-13-30)18-24-23(27(38)39)7-4-14-31-24/h1-11,14,17,19H,12-13,15-16,18H2,(H,38,39)(H,32,33,37). The van der Waals surface area contributed by atoms with E-state index in [2.05, 4.69) is 15.0 Å². The first-order valence-corrected chi connectivity index (χ1v) is 13.2. The maximum atomic E-state index is 14.2. The van der Waals surface area contributed by atoms with Gasteiger partial charge in [-0.05, 0) is 48.2 Å². The number of aromatic amines is 1. The Labute approximate surface area is 234 Å². The number of likely N-dealkylation sites (tertiary alicyclic amines) is 1. The number of anilines is 2. The van der Waals surface area contributed by atoms with Crippen LogP contribution in [-0.4, -0.2) is 61.5 Å². The molecule has 0 unspecified atom stereocenters. The number of hydrogen-bond donors (Lipinski definition) is 2. The largest absolute Gasteiger partial charge is 0.478 e. The number of carboxylic acid groups (broad SMARTS) is 1. The van der Waals surface area contributed by atoms with Crippen molar-refractivity contribution < 1.29 is 19.5 Å². The Morgan fingerprint density at radius 2 is 1.61 bits per heavy atom. The average molecular weight is 551 g/mol. The zero-order valence-corrected chi connectivity index (χ0v) is 21.9. The molecular formula is C30H26N6O5.